The third-order valence-corrected chi connectivity index (χ3v) is 3.53. The van der Waals surface area contributed by atoms with E-state index in [1.54, 1.807) is 0 Å². The zero-order valence-electron chi connectivity index (χ0n) is 11.0. The summed E-state index contributed by atoms with van der Waals surface area (Å²) in [5.41, 5.74) is 9.31. The van der Waals surface area contributed by atoms with E-state index in [0.717, 1.165) is 24.8 Å². The van der Waals surface area contributed by atoms with E-state index in [1.165, 1.54) is 24.0 Å². The first-order valence-corrected chi connectivity index (χ1v) is 6.78. The normalized spacial score (nSPS) is 14.8. The molecule has 3 nitrogen and oxygen atoms in total. The van der Waals surface area contributed by atoms with E-state index in [1.807, 2.05) is 24.5 Å². The van der Waals surface area contributed by atoms with Gasteiger partial charge in [0.2, 0.25) is 0 Å². The molecule has 19 heavy (non-hydrogen) atoms. The summed E-state index contributed by atoms with van der Waals surface area (Å²) in [6, 6.07) is 13.1. The highest BCUT2D eigenvalue weighted by Crippen LogP contribution is 2.29. The van der Waals surface area contributed by atoms with Crippen molar-refractivity contribution < 1.29 is 0 Å². The molecule has 0 atom stereocenters. The van der Waals surface area contributed by atoms with E-state index in [-0.39, 0.29) is 0 Å². The van der Waals surface area contributed by atoms with Crippen LogP contribution in [0.1, 0.15) is 24.0 Å². The summed E-state index contributed by atoms with van der Waals surface area (Å²) in [6.07, 6.45) is 6.35. The van der Waals surface area contributed by atoms with Crippen LogP contribution in [0.3, 0.4) is 0 Å². The Bertz CT molecular complexity index is 535. The molecule has 3 heteroatoms. The Hall–Kier alpha value is -1.87. The van der Waals surface area contributed by atoms with Gasteiger partial charge in [0.25, 0.3) is 0 Å². The topological polar surface area (TPSA) is 42.1 Å². The summed E-state index contributed by atoms with van der Waals surface area (Å²) >= 11 is 0. The molecule has 0 bridgehead atoms. The molecule has 2 aromatic rings. The smallest absolute Gasteiger partial charge is 0.0317 e. The van der Waals surface area contributed by atoms with Gasteiger partial charge in [-0.25, -0.2) is 0 Å². The van der Waals surface area contributed by atoms with Crippen LogP contribution in [0.5, 0.6) is 0 Å². The first-order valence-electron chi connectivity index (χ1n) is 6.78. The number of nitrogens with two attached hydrogens (primary N) is 1. The van der Waals surface area contributed by atoms with Crippen molar-refractivity contribution in [1.82, 2.24) is 9.88 Å². The summed E-state index contributed by atoms with van der Waals surface area (Å²) in [6.45, 7) is 1.96. The Labute approximate surface area is 114 Å². The summed E-state index contributed by atoms with van der Waals surface area (Å²) in [4.78, 5) is 6.61. The highest BCUT2D eigenvalue weighted by Gasteiger charge is 2.28. The molecule has 1 heterocycles. The van der Waals surface area contributed by atoms with Crippen LogP contribution in [0.4, 0.5) is 5.69 Å². The molecule has 0 amide bonds. The molecular weight excluding hydrogens is 234 g/mol. The van der Waals surface area contributed by atoms with Crippen LogP contribution in [-0.4, -0.2) is 15.9 Å². The van der Waals surface area contributed by atoms with Gasteiger partial charge < -0.3 is 5.73 Å². The van der Waals surface area contributed by atoms with Gasteiger partial charge in [-0.2, -0.15) is 0 Å². The molecule has 2 N–H and O–H groups in total. The molecule has 1 aliphatic carbocycles. The van der Waals surface area contributed by atoms with Gasteiger partial charge in [0.1, 0.15) is 0 Å². The number of nitrogens with zero attached hydrogens (tertiary/aromatic N) is 2. The summed E-state index contributed by atoms with van der Waals surface area (Å²) in [7, 11) is 0. The number of anilines is 1. The van der Waals surface area contributed by atoms with Crippen LogP contribution in [0, 0.1) is 0 Å². The number of benzene rings is 1. The fourth-order valence-corrected chi connectivity index (χ4v) is 2.40. The Kier molecular flexibility index (Phi) is 3.47. The van der Waals surface area contributed by atoms with Crippen LogP contribution >= 0.6 is 0 Å². The molecule has 98 valence electrons. The molecule has 1 aromatic carbocycles. The van der Waals surface area contributed by atoms with Crippen molar-refractivity contribution in [2.24, 2.45) is 0 Å². The van der Waals surface area contributed by atoms with E-state index < -0.39 is 0 Å². The number of rotatable bonds is 5. The summed E-state index contributed by atoms with van der Waals surface area (Å²) in [5, 5.41) is 0. The lowest BCUT2D eigenvalue weighted by Crippen LogP contribution is -2.25. The lowest BCUT2D eigenvalue weighted by atomic mass is 10.1. The molecule has 1 fully saturated rings. The Morgan fingerprint density at radius 2 is 1.79 bits per heavy atom. The average molecular weight is 253 g/mol. The van der Waals surface area contributed by atoms with Crippen molar-refractivity contribution in [3.63, 3.8) is 0 Å². The van der Waals surface area contributed by atoms with E-state index >= 15 is 0 Å². The first-order chi connectivity index (χ1) is 9.31. The van der Waals surface area contributed by atoms with Gasteiger partial charge in [-0.05, 0) is 48.2 Å². The zero-order valence-corrected chi connectivity index (χ0v) is 11.0. The number of aromatic nitrogens is 1. The SMILES string of the molecule is Nc1cccc(CN(Cc2ccncc2)C2CC2)c1. The van der Waals surface area contributed by atoms with Crippen LogP contribution < -0.4 is 5.73 Å². The van der Waals surface area contributed by atoms with E-state index in [4.69, 9.17) is 5.73 Å². The first kappa shape index (κ1) is 12.2. The molecular formula is C16H19N3. The van der Waals surface area contributed by atoms with Gasteiger partial charge in [0, 0.05) is 37.2 Å². The summed E-state index contributed by atoms with van der Waals surface area (Å²) in [5.74, 6) is 0. The molecule has 1 aliphatic rings. The second-order valence-corrected chi connectivity index (χ2v) is 5.24. The Morgan fingerprint density at radius 3 is 2.47 bits per heavy atom. The molecule has 0 saturated heterocycles. The highest BCUT2D eigenvalue weighted by atomic mass is 15.2. The number of nitrogen functional groups attached to an aromatic ring is 1. The lowest BCUT2D eigenvalue weighted by Gasteiger charge is -2.22. The highest BCUT2D eigenvalue weighted by molar-refractivity contribution is 5.40. The third kappa shape index (κ3) is 3.32. The maximum absolute atomic E-state index is 5.85. The van der Waals surface area contributed by atoms with Crippen LogP contribution in [0.25, 0.3) is 0 Å². The van der Waals surface area contributed by atoms with Crippen LogP contribution in [-0.2, 0) is 13.1 Å². The largest absolute Gasteiger partial charge is 0.399 e. The molecule has 1 saturated carbocycles. The standard InChI is InChI=1S/C16H19N3/c17-15-3-1-2-14(10-15)12-19(16-4-5-16)11-13-6-8-18-9-7-13/h1-3,6-10,16H,4-5,11-12,17H2. The van der Waals surface area contributed by atoms with Gasteiger partial charge in [0.05, 0.1) is 0 Å². The fraction of sp³-hybridized carbons (Fsp3) is 0.312. The Morgan fingerprint density at radius 1 is 1.05 bits per heavy atom. The quantitative estimate of drug-likeness (QED) is 0.833. The fourth-order valence-electron chi connectivity index (χ4n) is 2.40. The van der Waals surface area contributed by atoms with Crippen molar-refractivity contribution in [3.8, 4) is 0 Å². The van der Waals surface area contributed by atoms with Gasteiger partial charge >= 0.3 is 0 Å². The summed E-state index contributed by atoms with van der Waals surface area (Å²) < 4.78 is 0. The van der Waals surface area contributed by atoms with Gasteiger partial charge in [0.15, 0.2) is 0 Å². The predicted molar refractivity (Wildman–Crippen MR) is 77.4 cm³/mol. The second-order valence-electron chi connectivity index (χ2n) is 5.24. The lowest BCUT2D eigenvalue weighted by molar-refractivity contribution is 0.246. The van der Waals surface area contributed by atoms with Crippen molar-refractivity contribution >= 4 is 5.69 Å². The second kappa shape index (κ2) is 5.41. The van der Waals surface area contributed by atoms with Gasteiger partial charge in [-0.1, -0.05) is 12.1 Å². The van der Waals surface area contributed by atoms with Crippen molar-refractivity contribution in [1.29, 1.82) is 0 Å². The van der Waals surface area contributed by atoms with E-state index in [0.29, 0.717) is 0 Å². The van der Waals surface area contributed by atoms with Gasteiger partial charge in [-0.15, -0.1) is 0 Å². The molecule has 3 rings (SSSR count). The maximum Gasteiger partial charge on any atom is 0.0317 e. The third-order valence-electron chi connectivity index (χ3n) is 3.53. The van der Waals surface area contributed by atoms with Crippen molar-refractivity contribution in [3.05, 3.63) is 59.9 Å². The van der Waals surface area contributed by atoms with Crippen molar-refractivity contribution in [2.75, 3.05) is 5.73 Å². The molecule has 0 aliphatic heterocycles. The number of hydrogen-bond donors (Lipinski definition) is 1. The molecule has 0 radical (unpaired) electrons. The Balaban J connectivity index is 1.71. The number of hydrogen-bond acceptors (Lipinski definition) is 3. The minimum absolute atomic E-state index is 0.731. The van der Waals surface area contributed by atoms with Crippen LogP contribution in [0.2, 0.25) is 0 Å². The van der Waals surface area contributed by atoms with Gasteiger partial charge in [-0.3, -0.25) is 9.88 Å². The number of pyridine rings is 1. The predicted octanol–water partition coefficient (Wildman–Crippen LogP) is 2.83. The molecule has 1 aromatic heterocycles. The minimum Gasteiger partial charge on any atom is -0.399 e. The van der Waals surface area contributed by atoms with Crippen LogP contribution in [0.15, 0.2) is 48.8 Å². The monoisotopic (exact) mass is 253 g/mol. The maximum atomic E-state index is 5.85. The van der Waals surface area contributed by atoms with E-state index in [9.17, 15) is 0 Å². The van der Waals surface area contributed by atoms with E-state index in [2.05, 4.69) is 34.1 Å². The molecule has 0 unspecified atom stereocenters. The zero-order chi connectivity index (χ0) is 13.1. The average Bonchev–Trinajstić information content (AvgIpc) is 3.23. The minimum atomic E-state index is 0.731. The molecule has 0 spiro atoms. The van der Waals surface area contributed by atoms with Crippen molar-refractivity contribution in [2.45, 2.75) is 32.0 Å².